The number of hydrogen-bond donors (Lipinski definition) is 2. The van der Waals surface area contributed by atoms with Crippen LogP contribution in [0, 0.1) is 5.82 Å². The molecule has 2 N–H and O–H groups in total. The second-order valence-corrected chi connectivity index (χ2v) is 6.35. The van der Waals surface area contributed by atoms with Crippen molar-refractivity contribution < 1.29 is 4.39 Å². The smallest absolute Gasteiger partial charge is 0.225 e. The van der Waals surface area contributed by atoms with Gasteiger partial charge in [-0.05, 0) is 26.2 Å². The van der Waals surface area contributed by atoms with E-state index in [-0.39, 0.29) is 6.04 Å². The molecule has 1 aliphatic carbocycles. The van der Waals surface area contributed by atoms with Crippen molar-refractivity contribution in [2.24, 2.45) is 7.05 Å². The van der Waals surface area contributed by atoms with Gasteiger partial charge < -0.3 is 15.2 Å². The van der Waals surface area contributed by atoms with Crippen LogP contribution in [0.4, 0.5) is 22.0 Å². The molecule has 3 aromatic rings. The van der Waals surface area contributed by atoms with E-state index in [1.807, 2.05) is 24.7 Å². The van der Waals surface area contributed by atoms with Crippen LogP contribution in [0.25, 0.3) is 0 Å². The maximum Gasteiger partial charge on any atom is 0.225 e. The van der Waals surface area contributed by atoms with E-state index in [0.29, 0.717) is 11.8 Å². The van der Waals surface area contributed by atoms with Crippen LogP contribution in [0.3, 0.4) is 0 Å². The van der Waals surface area contributed by atoms with E-state index in [4.69, 9.17) is 0 Å². The molecule has 9 heteroatoms. The van der Waals surface area contributed by atoms with Crippen LogP contribution in [0.2, 0.25) is 0 Å². The zero-order valence-corrected chi connectivity index (χ0v) is 14.6. The van der Waals surface area contributed by atoms with Gasteiger partial charge in [0, 0.05) is 18.8 Å². The summed E-state index contributed by atoms with van der Waals surface area (Å²) in [6, 6.07) is -0.252. The first-order valence-corrected chi connectivity index (χ1v) is 8.47. The van der Waals surface area contributed by atoms with Gasteiger partial charge in [0.1, 0.15) is 17.5 Å². The lowest BCUT2D eigenvalue weighted by atomic mass is 10.2. The van der Waals surface area contributed by atoms with Crippen molar-refractivity contribution in [1.29, 1.82) is 0 Å². The summed E-state index contributed by atoms with van der Waals surface area (Å²) in [7, 11) is 1.92. The summed E-state index contributed by atoms with van der Waals surface area (Å²) in [6.07, 6.45) is 8.85. The third-order valence-corrected chi connectivity index (χ3v) is 4.26. The summed E-state index contributed by atoms with van der Waals surface area (Å²) < 4.78 is 14.9. The van der Waals surface area contributed by atoms with Gasteiger partial charge in [-0.25, -0.2) is 24.3 Å². The number of rotatable bonds is 5. The molecule has 0 fully saturated rings. The molecule has 0 saturated carbocycles. The van der Waals surface area contributed by atoms with E-state index < -0.39 is 5.82 Å². The van der Waals surface area contributed by atoms with Gasteiger partial charge in [0.2, 0.25) is 5.95 Å². The summed E-state index contributed by atoms with van der Waals surface area (Å²) in [5.74, 6) is 2.01. The topological polar surface area (TPSA) is 93.4 Å². The molecule has 0 aliphatic heterocycles. The molecule has 0 bridgehead atoms. The highest BCUT2D eigenvalue weighted by Gasteiger charge is 2.21. The fraction of sp³-hybridized carbons (Fsp3) is 0.353. The predicted molar refractivity (Wildman–Crippen MR) is 94.6 cm³/mol. The van der Waals surface area contributed by atoms with E-state index in [2.05, 4.69) is 35.6 Å². The Hall–Kier alpha value is -3.10. The molecule has 8 nitrogen and oxygen atoms in total. The van der Waals surface area contributed by atoms with E-state index in [9.17, 15) is 4.39 Å². The average molecular weight is 354 g/mol. The molecule has 0 spiro atoms. The molecule has 26 heavy (non-hydrogen) atoms. The quantitative estimate of drug-likeness (QED) is 0.727. The van der Waals surface area contributed by atoms with Crippen molar-refractivity contribution in [2.75, 3.05) is 10.6 Å². The highest BCUT2D eigenvalue weighted by atomic mass is 19.1. The molecular weight excluding hydrogens is 335 g/mol. The fourth-order valence-corrected chi connectivity index (χ4v) is 3.00. The first-order chi connectivity index (χ1) is 12.6. The van der Waals surface area contributed by atoms with Gasteiger partial charge in [0.05, 0.1) is 30.5 Å². The second-order valence-electron chi connectivity index (χ2n) is 6.35. The molecular formula is C17H19FN8. The zero-order chi connectivity index (χ0) is 18.1. The van der Waals surface area contributed by atoms with Crippen LogP contribution in [0.5, 0.6) is 0 Å². The number of aryl methyl sites for hydroxylation is 2. The van der Waals surface area contributed by atoms with Crippen LogP contribution >= 0.6 is 0 Å². The van der Waals surface area contributed by atoms with Gasteiger partial charge in [0.15, 0.2) is 5.82 Å². The number of hydrogen-bond acceptors (Lipinski definition) is 7. The summed E-state index contributed by atoms with van der Waals surface area (Å²) in [6.45, 7) is 1.88. The van der Waals surface area contributed by atoms with Crippen molar-refractivity contribution in [1.82, 2.24) is 29.5 Å². The Labute approximate surface area is 150 Å². The van der Waals surface area contributed by atoms with E-state index in [1.54, 1.807) is 6.33 Å². The average Bonchev–Trinajstić information content (AvgIpc) is 3.24. The van der Waals surface area contributed by atoms with Crippen LogP contribution in [0.15, 0.2) is 24.9 Å². The number of aromatic nitrogens is 6. The Kier molecular flexibility index (Phi) is 4.19. The molecule has 1 aliphatic rings. The normalized spacial score (nSPS) is 14.1. The summed E-state index contributed by atoms with van der Waals surface area (Å²) in [4.78, 5) is 21.6. The summed E-state index contributed by atoms with van der Waals surface area (Å²) >= 11 is 0. The Bertz CT molecular complexity index is 921. The second kappa shape index (κ2) is 6.66. The monoisotopic (exact) mass is 354 g/mol. The highest BCUT2D eigenvalue weighted by molar-refractivity contribution is 5.59. The van der Waals surface area contributed by atoms with Crippen LogP contribution in [-0.4, -0.2) is 29.5 Å². The predicted octanol–water partition coefficient (Wildman–Crippen LogP) is 2.54. The van der Waals surface area contributed by atoms with Gasteiger partial charge in [0.25, 0.3) is 0 Å². The number of nitrogens with zero attached hydrogens (tertiary/aromatic N) is 6. The molecule has 134 valence electrons. The Morgan fingerprint density at radius 2 is 1.96 bits per heavy atom. The van der Waals surface area contributed by atoms with Crippen molar-refractivity contribution in [2.45, 2.75) is 32.2 Å². The SMILES string of the molecule is C[C@@H](Nc1nc2c(c(Nc3cn(C)cn3)n1)CCC2)c1ncc(F)cn1. The van der Waals surface area contributed by atoms with Crippen molar-refractivity contribution in [3.63, 3.8) is 0 Å². The first-order valence-electron chi connectivity index (χ1n) is 8.47. The lowest BCUT2D eigenvalue weighted by Crippen LogP contribution is -2.14. The highest BCUT2D eigenvalue weighted by Crippen LogP contribution is 2.29. The van der Waals surface area contributed by atoms with Crippen molar-refractivity contribution in [3.8, 4) is 0 Å². The number of fused-ring (bicyclic) bond motifs is 1. The van der Waals surface area contributed by atoms with Gasteiger partial charge in [-0.1, -0.05) is 0 Å². The van der Waals surface area contributed by atoms with Crippen molar-refractivity contribution in [3.05, 3.63) is 47.8 Å². The Balaban J connectivity index is 1.60. The Morgan fingerprint density at radius 1 is 1.15 bits per heavy atom. The van der Waals surface area contributed by atoms with Crippen LogP contribution in [0.1, 0.15) is 36.5 Å². The molecule has 3 aromatic heterocycles. The molecule has 3 heterocycles. The largest absolute Gasteiger partial charge is 0.344 e. The third kappa shape index (κ3) is 3.32. The summed E-state index contributed by atoms with van der Waals surface area (Å²) in [5.41, 5.74) is 2.17. The molecule has 0 amide bonds. The number of nitrogens with one attached hydrogen (secondary N) is 2. The number of halogens is 1. The lowest BCUT2D eigenvalue weighted by Gasteiger charge is -2.15. The van der Waals surface area contributed by atoms with Crippen LogP contribution in [-0.2, 0) is 19.9 Å². The van der Waals surface area contributed by atoms with Gasteiger partial charge in [-0.2, -0.15) is 4.98 Å². The minimum Gasteiger partial charge on any atom is -0.344 e. The molecule has 0 unspecified atom stereocenters. The maximum atomic E-state index is 13.0. The number of anilines is 3. The van der Waals surface area contributed by atoms with E-state index >= 15 is 0 Å². The standard InChI is InChI=1S/C17H19FN8/c1-10(15-19-6-11(18)7-20-15)22-17-23-13-5-3-4-12(13)16(25-17)24-14-8-26(2)9-21-14/h6-10H,3-5H2,1-2H3,(H2,22,23,24,25)/t10-/m1/s1. The first kappa shape index (κ1) is 16.4. The molecule has 4 rings (SSSR count). The van der Waals surface area contributed by atoms with Gasteiger partial charge >= 0.3 is 0 Å². The number of imidazole rings is 1. The lowest BCUT2D eigenvalue weighted by molar-refractivity contribution is 0.604. The van der Waals surface area contributed by atoms with Crippen molar-refractivity contribution >= 4 is 17.6 Å². The Morgan fingerprint density at radius 3 is 2.69 bits per heavy atom. The fourth-order valence-electron chi connectivity index (χ4n) is 3.00. The molecule has 0 saturated heterocycles. The zero-order valence-electron chi connectivity index (χ0n) is 14.6. The van der Waals surface area contributed by atoms with Gasteiger partial charge in [-0.3, -0.25) is 0 Å². The molecule has 0 radical (unpaired) electrons. The molecule has 1 atom stereocenters. The van der Waals surface area contributed by atoms with E-state index in [1.165, 1.54) is 0 Å². The van der Waals surface area contributed by atoms with Crippen LogP contribution < -0.4 is 10.6 Å². The third-order valence-electron chi connectivity index (χ3n) is 4.26. The maximum absolute atomic E-state index is 13.0. The minimum atomic E-state index is -0.462. The van der Waals surface area contributed by atoms with Gasteiger partial charge in [-0.15, -0.1) is 0 Å². The van der Waals surface area contributed by atoms with E-state index in [0.717, 1.165) is 54.5 Å². The molecule has 0 aromatic carbocycles. The minimum absolute atomic E-state index is 0.252. The summed E-state index contributed by atoms with van der Waals surface area (Å²) in [5, 5.41) is 6.49.